The van der Waals surface area contributed by atoms with E-state index in [9.17, 15) is 5.11 Å². The van der Waals surface area contributed by atoms with Crippen LogP contribution in [-0.4, -0.2) is 41.6 Å². The normalized spacial score (nSPS) is 32.0. The van der Waals surface area contributed by atoms with E-state index in [4.69, 9.17) is 53.8 Å². The summed E-state index contributed by atoms with van der Waals surface area (Å²) < 4.78 is 23.5. The van der Waals surface area contributed by atoms with Crippen LogP contribution in [0.4, 0.5) is 0 Å². The first kappa shape index (κ1) is 19.6. The zero-order chi connectivity index (χ0) is 18.4. The fourth-order valence-electron chi connectivity index (χ4n) is 3.10. The van der Waals surface area contributed by atoms with Crippen LogP contribution in [-0.2, 0) is 25.6 Å². The fraction of sp³-hybridized carbons (Fsp3) is 0.647. The monoisotopic (exact) mass is 410 g/mol. The zero-order valence-electron chi connectivity index (χ0n) is 14.2. The number of aliphatic hydroxyl groups excluding tert-OH is 1. The molecule has 2 saturated heterocycles. The van der Waals surface area contributed by atoms with Crippen molar-refractivity contribution in [1.82, 2.24) is 0 Å². The van der Waals surface area contributed by atoms with Gasteiger partial charge >= 0.3 is 0 Å². The summed E-state index contributed by atoms with van der Waals surface area (Å²) >= 11 is 18.3. The summed E-state index contributed by atoms with van der Waals surface area (Å²) in [5.74, 6) is -0.764. The molecule has 0 radical (unpaired) electrons. The largest absolute Gasteiger partial charge is 0.390 e. The van der Waals surface area contributed by atoms with Crippen LogP contribution >= 0.6 is 34.8 Å². The van der Waals surface area contributed by atoms with E-state index < -0.39 is 36.5 Å². The maximum Gasteiger partial charge on any atom is 0.190 e. The van der Waals surface area contributed by atoms with Gasteiger partial charge in [0.15, 0.2) is 12.1 Å². The van der Waals surface area contributed by atoms with Gasteiger partial charge in [0.05, 0.1) is 27.8 Å². The van der Waals surface area contributed by atoms with Gasteiger partial charge in [-0.3, -0.25) is 0 Å². The Hall–Kier alpha value is -0.110. The quantitative estimate of drug-likeness (QED) is 0.737. The molecule has 2 fully saturated rings. The van der Waals surface area contributed by atoms with Crippen LogP contribution in [0, 0.1) is 0 Å². The van der Waals surface area contributed by atoms with Gasteiger partial charge in [-0.05, 0) is 31.9 Å². The molecule has 2 aliphatic heterocycles. The molecule has 25 heavy (non-hydrogen) atoms. The van der Waals surface area contributed by atoms with Gasteiger partial charge in [-0.15, -0.1) is 0 Å². The minimum Gasteiger partial charge on any atom is -0.390 e. The Morgan fingerprint density at radius 3 is 2.60 bits per heavy atom. The average Bonchev–Trinajstić information content (AvgIpc) is 3.03. The van der Waals surface area contributed by atoms with Crippen molar-refractivity contribution in [1.29, 1.82) is 0 Å². The van der Waals surface area contributed by atoms with Crippen molar-refractivity contribution in [3.05, 3.63) is 32.8 Å². The highest BCUT2D eigenvalue weighted by Gasteiger charge is 2.56. The second kappa shape index (κ2) is 7.49. The standard InChI is InChI=1S/C17H21Cl3O5/c1-4-10(21)13-14(15-16(23-13)25-17(2,3)24-15)22-7-8-5-6-9(18)12(20)11(8)19/h5-6,10,13-16,21H,4,7H2,1-3H3/t10-,13-,14+,15-,16-/m1/s1. The lowest BCUT2D eigenvalue weighted by Gasteiger charge is -2.28. The highest BCUT2D eigenvalue weighted by molar-refractivity contribution is 6.48. The Labute approximate surface area is 162 Å². The van der Waals surface area contributed by atoms with Gasteiger partial charge in [0.25, 0.3) is 0 Å². The molecular formula is C17H21Cl3O5. The molecule has 5 nitrogen and oxygen atoms in total. The SMILES string of the molecule is CC[C@@H](O)[C@H]1O[C@@H]2OC(C)(C)O[C@@H]2[C@H]1OCc1ccc(Cl)c(Cl)c1Cl. The molecule has 140 valence electrons. The van der Waals surface area contributed by atoms with E-state index in [1.807, 2.05) is 20.8 Å². The molecule has 3 rings (SSSR count). The van der Waals surface area contributed by atoms with E-state index in [1.165, 1.54) is 0 Å². The molecule has 0 amide bonds. The first-order valence-corrected chi connectivity index (χ1v) is 9.30. The predicted molar refractivity (Wildman–Crippen MR) is 95.0 cm³/mol. The molecule has 0 bridgehead atoms. The Morgan fingerprint density at radius 2 is 1.92 bits per heavy atom. The van der Waals surface area contributed by atoms with Crippen LogP contribution in [0.25, 0.3) is 0 Å². The van der Waals surface area contributed by atoms with Crippen LogP contribution in [0.3, 0.4) is 0 Å². The molecule has 1 N–H and O–H groups in total. The van der Waals surface area contributed by atoms with Crippen molar-refractivity contribution in [3.8, 4) is 0 Å². The first-order valence-electron chi connectivity index (χ1n) is 8.16. The van der Waals surface area contributed by atoms with Crippen molar-refractivity contribution in [2.24, 2.45) is 0 Å². The molecule has 2 aliphatic rings. The van der Waals surface area contributed by atoms with E-state index in [1.54, 1.807) is 12.1 Å². The molecular weight excluding hydrogens is 391 g/mol. The third-order valence-electron chi connectivity index (χ3n) is 4.37. The minimum absolute atomic E-state index is 0.184. The molecule has 0 aromatic heterocycles. The van der Waals surface area contributed by atoms with Gasteiger partial charge in [-0.1, -0.05) is 47.8 Å². The van der Waals surface area contributed by atoms with Crippen LogP contribution in [0.2, 0.25) is 15.1 Å². The molecule has 0 saturated carbocycles. The maximum atomic E-state index is 10.3. The maximum absolute atomic E-state index is 10.3. The number of fused-ring (bicyclic) bond motifs is 1. The lowest BCUT2D eigenvalue weighted by atomic mass is 10.0. The van der Waals surface area contributed by atoms with Crippen LogP contribution < -0.4 is 0 Å². The van der Waals surface area contributed by atoms with E-state index in [2.05, 4.69) is 0 Å². The molecule has 1 aromatic rings. The molecule has 5 atom stereocenters. The van der Waals surface area contributed by atoms with Crippen LogP contribution in [0.5, 0.6) is 0 Å². The second-order valence-corrected chi connectivity index (χ2v) is 7.82. The predicted octanol–water partition coefficient (Wildman–Crippen LogP) is 4.18. The summed E-state index contributed by atoms with van der Waals surface area (Å²) in [5, 5.41) is 11.3. The topological polar surface area (TPSA) is 57.2 Å². The fourth-order valence-corrected chi connectivity index (χ4v) is 3.71. The minimum atomic E-state index is -0.764. The molecule has 1 aromatic carbocycles. The lowest BCUT2D eigenvalue weighted by molar-refractivity contribution is -0.230. The number of hydrogen-bond acceptors (Lipinski definition) is 5. The van der Waals surface area contributed by atoms with Crippen molar-refractivity contribution < 1.29 is 24.1 Å². The smallest absolute Gasteiger partial charge is 0.190 e. The summed E-state index contributed by atoms with van der Waals surface area (Å²) in [6, 6.07) is 3.42. The van der Waals surface area contributed by atoms with Crippen LogP contribution in [0.1, 0.15) is 32.8 Å². The van der Waals surface area contributed by atoms with Gasteiger partial charge in [-0.25, -0.2) is 0 Å². The van der Waals surface area contributed by atoms with Gasteiger partial charge < -0.3 is 24.1 Å². The number of aliphatic hydroxyl groups is 1. The number of rotatable bonds is 5. The summed E-state index contributed by atoms with van der Waals surface area (Å²) in [7, 11) is 0. The van der Waals surface area contributed by atoms with Crippen molar-refractivity contribution in [2.75, 3.05) is 0 Å². The van der Waals surface area contributed by atoms with Crippen molar-refractivity contribution in [3.63, 3.8) is 0 Å². The highest BCUT2D eigenvalue weighted by atomic mass is 35.5. The molecule has 8 heteroatoms. The molecule has 2 heterocycles. The zero-order valence-corrected chi connectivity index (χ0v) is 16.4. The Morgan fingerprint density at radius 1 is 1.20 bits per heavy atom. The Balaban J connectivity index is 1.77. The Bertz CT molecular complexity index is 639. The summed E-state index contributed by atoms with van der Waals surface area (Å²) in [4.78, 5) is 0. The Kier molecular flexibility index (Phi) is 5.88. The lowest BCUT2D eigenvalue weighted by Crippen LogP contribution is -2.42. The average molecular weight is 412 g/mol. The number of halogens is 3. The van der Waals surface area contributed by atoms with Gasteiger partial charge in [-0.2, -0.15) is 0 Å². The van der Waals surface area contributed by atoms with E-state index >= 15 is 0 Å². The third kappa shape index (κ3) is 3.94. The van der Waals surface area contributed by atoms with E-state index in [0.717, 1.165) is 0 Å². The molecule has 0 unspecified atom stereocenters. The summed E-state index contributed by atoms with van der Waals surface area (Å²) in [6.07, 6.45) is -2.20. The van der Waals surface area contributed by atoms with E-state index in [0.29, 0.717) is 22.0 Å². The van der Waals surface area contributed by atoms with Gasteiger partial charge in [0, 0.05) is 0 Å². The third-order valence-corrected chi connectivity index (χ3v) is 5.70. The van der Waals surface area contributed by atoms with Gasteiger partial charge in [0.1, 0.15) is 18.3 Å². The number of hydrogen-bond donors (Lipinski definition) is 1. The number of ether oxygens (including phenoxy) is 4. The van der Waals surface area contributed by atoms with Crippen molar-refractivity contribution in [2.45, 2.75) is 70.3 Å². The van der Waals surface area contributed by atoms with Crippen molar-refractivity contribution >= 4 is 34.8 Å². The molecule has 0 spiro atoms. The van der Waals surface area contributed by atoms with Crippen LogP contribution in [0.15, 0.2) is 12.1 Å². The first-order chi connectivity index (χ1) is 11.7. The second-order valence-electron chi connectivity index (χ2n) is 6.65. The summed E-state index contributed by atoms with van der Waals surface area (Å²) in [5.41, 5.74) is 0.697. The summed E-state index contributed by atoms with van der Waals surface area (Å²) in [6.45, 7) is 5.68. The number of benzene rings is 1. The van der Waals surface area contributed by atoms with E-state index in [-0.39, 0.29) is 11.6 Å². The highest BCUT2D eigenvalue weighted by Crippen LogP contribution is 2.41. The molecule has 0 aliphatic carbocycles. The van der Waals surface area contributed by atoms with Gasteiger partial charge in [0.2, 0.25) is 0 Å².